The molecular formula is C14H19N5O3. The van der Waals surface area contributed by atoms with Crippen molar-refractivity contribution in [3.8, 4) is 0 Å². The molecule has 0 saturated heterocycles. The molecule has 0 bridgehead atoms. The maximum Gasteiger partial charge on any atom is 0.252 e. The van der Waals surface area contributed by atoms with Gasteiger partial charge in [-0.25, -0.2) is 0 Å². The van der Waals surface area contributed by atoms with Crippen LogP contribution in [0.4, 0.5) is 0 Å². The largest absolute Gasteiger partial charge is 0.335 e. The Morgan fingerprint density at radius 1 is 1.45 bits per heavy atom. The molecule has 1 aromatic heterocycles. The summed E-state index contributed by atoms with van der Waals surface area (Å²) < 4.78 is 0. The van der Waals surface area contributed by atoms with Crippen LogP contribution < -0.4 is 10.8 Å². The van der Waals surface area contributed by atoms with Gasteiger partial charge >= 0.3 is 0 Å². The van der Waals surface area contributed by atoms with E-state index in [0.717, 1.165) is 0 Å². The molecule has 8 heteroatoms. The summed E-state index contributed by atoms with van der Waals surface area (Å²) in [5.74, 6) is -0.347. The Morgan fingerprint density at radius 2 is 2.18 bits per heavy atom. The van der Waals surface area contributed by atoms with Crippen molar-refractivity contribution in [2.45, 2.75) is 19.1 Å². The highest BCUT2D eigenvalue weighted by molar-refractivity contribution is 6.03. The van der Waals surface area contributed by atoms with Crippen molar-refractivity contribution in [3.05, 3.63) is 29.5 Å². The number of likely N-dealkylation sites (N-methyl/N-ethyl adjacent to an activating group) is 1. The van der Waals surface area contributed by atoms with Crippen molar-refractivity contribution >= 4 is 23.1 Å². The summed E-state index contributed by atoms with van der Waals surface area (Å²) in [7, 11) is 3.57. The maximum absolute atomic E-state index is 12.4. The molecule has 118 valence electrons. The lowest BCUT2D eigenvalue weighted by Crippen LogP contribution is -2.55. The van der Waals surface area contributed by atoms with Gasteiger partial charge in [-0.2, -0.15) is 10.6 Å². The van der Waals surface area contributed by atoms with Gasteiger partial charge in [0.25, 0.3) is 5.91 Å². The molecule has 0 aliphatic carbocycles. The molecule has 1 unspecified atom stereocenters. The van der Waals surface area contributed by atoms with Gasteiger partial charge in [0, 0.05) is 16.5 Å². The number of amides is 1. The summed E-state index contributed by atoms with van der Waals surface area (Å²) in [5.41, 5.74) is 3.48. The minimum Gasteiger partial charge on any atom is -0.335 e. The summed E-state index contributed by atoms with van der Waals surface area (Å²) in [6, 6.07) is 2.78. The number of nitrogens with zero attached hydrogens (tertiary/aromatic N) is 2. The Bertz CT molecular complexity index is 682. The van der Waals surface area contributed by atoms with E-state index in [1.165, 1.54) is 6.07 Å². The topological polar surface area (TPSA) is 110 Å². The molecule has 2 rings (SSSR count). The minimum absolute atomic E-state index is 0.343. The van der Waals surface area contributed by atoms with Gasteiger partial charge in [-0.15, -0.1) is 0 Å². The van der Waals surface area contributed by atoms with Gasteiger partial charge in [0.05, 0.1) is 23.9 Å². The summed E-state index contributed by atoms with van der Waals surface area (Å²) in [4.78, 5) is 25.3. The number of benzene rings is 1. The molecule has 8 nitrogen and oxygen atoms in total. The lowest BCUT2D eigenvalue weighted by molar-refractivity contribution is 0.0637. The van der Waals surface area contributed by atoms with Crippen LogP contribution >= 0.6 is 0 Å². The number of hydroxylamine groups is 1. The maximum atomic E-state index is 12.4. The average molecular weight is 305 g/mol. The molecule has 0 saturated carbocycles. The van der Waals surface area contributed by atoms with E-state index in [9.17, 15) is 9.59 Å². The second kappa shape index (κ2) is 6.65. The van der Waals surface area contributed by atoms with Crippen molar-refractivity contribution in [1.82, 2.24) is 25.9 Å². The van der Waals surface area contributed by atoms with Crippen LogP contribution in [0.25, 0.3) is 10.9 Å². The number of aldehydes is 1. The number of hydrogen-bond donors (Lipinski definition) is 4. The third-order valence-electron chi connectivity index (χ3n) is 3.49. The Kier molecular flexibility index (Phi) is 4.86. The first-order valence-electron chi connectivity index (χ1n) is 6.77. The second-order valence-corrected chi connectivity index (χ2v) is 5.31. The Balaban J connectivity index is 2.30. The van der Waals surface area contributed by atoms with Gasteiger partial charge in [-0.05, 0) is 33.2 Å². The van der Waals surface area contributed by atoms with E-state index < -0.39 is 6.17 Å². The number of carbonyl (C=O) groups is 2. The first kappa shape index (κ1) is 16.1. The van der Waals surface area contributed by atoms with Crippen molar-refractivity contribution < 1.29 is 14.8 Å². The van der Waals surface area contributed by atoms with E-state index in [1.807, 2.05) is 0 Å². The van der Waals surface area contributed by atoms with E-state index in [-0.39, 0.29) is 11.9 Å². The van der Waals surface area contributed by atoms with Crippen molar-refractivity contribution in [2.75, 3.05) is 14.1 Å². The van der Waals surface area contributed by atoms with E-state index in [2.05, 4.69) is 21.0 Å². The van der Waals surface area contributed by atoms with E-state index in [4.69, 9.17) is 5.21 Å². The zero-order valence-corrected chi connectivity index (χ0v) is 12.6. The first-order chi connectivity index (χ1) is 10.5. The van der Waals surface area contributed by atoms with Gasteiger partial charge in [0.2, 0.25) is 0 Å². The Labute approximate surface area is 127 Å². The highest BCUT2D eigenvalue weighted by Crippen LogP contribution is 2.18. The quantitative estimate of drug-likeness (QED) is 0.348. The molecule has 2 aromatic rings. The molecular weight excluding hydrogens is 286 g/mol. The number of carbonyl (C=O) groups excluding carboxylic acids is 2. The molecule has 0 spiro atoms. The van der Waals surface area contributed by atoms with Crippen LogP contribution in [0.3, 0.4) is 0 Å². The predicted octanol–water partition coefficient (Wildman–Crippen LogP) is 0.360. The van der Waals surface area contributed by atoms with Crippen LogP contribution in [0, 0.1) is 0 Å². The summed E-state index contributed by atoms with van der Waals surface area (Å²) in [6.07, 6.45) is 1.81. The van der Waals surface area contributed by atoms with Crippen molar-refractivity contribution in [2.24, 2.45) is 0 Å². The first-order valence-corrected chi connectivity index (χ1v) is 6.77. The van der Waals surface area contributed by atoms with Gasteiger partial charge in [-0.1, -0.05) is 0 Å². The van der Waals surface area contributed by atoms with Crippen molar-refractivity contribution in [3.63, 3.8) is 0 Å². The zero-order chi connectivity index (χ0) is 16.3. The number of H-pyrrole nitrogens is 1. The molecule has 0 fully saturated rings. The monoisotopic (exact) mass is 305 g/mol. The molecule has 2 atom stereocenters. The van der Waals surface area contributed by atoms with Crippen LogP contribution in [0.1, 0.15) is 27.6 Å². The fourth-order valence-corrected chi connectivity index (χ4v) is 2.30. The number of fused-ring (bicyclic) bond motifs is 1. The second-order valence-electron chi connectivity index (χ2n) is 5.31. The van der Waals surface area contributed by atoms with Crippen LogP contribution in [0.2, 0.25) is 0 Å². The Hall–Kier alpha value is -2.29. The highest BCUT2D eigenvalue weighted by Gasteiger charge is 2.22. The summed E-state index contributed by atoms with van der Waals surface area (Å²) >= 11 is 0. The Morgan fingerprint density at radius 3 is 2.77 bits per heavy atom. The van der Waals surface area contributed by atoms with Crippen LogP contribution in [0.5, 0.6) is 0 Å². The van der Waals surface area contributed by atoms with Gasteiger partial charge in [0.15, 0.2) is 6.29 Å². The molecule has 0 radical (unpaired) electrons. The van der Waals surface area contributed by atoms with Crippen molar-refractivity contribution in [1.29, 1.82) is 0 Å². The SMILES string of the molecule is C[C@H](NO)C(NC(=O)c1cc(C=O)c2cn[nH]c2c1)N(C)C. The standard InChI is InChI=1S/C14H19N5O3/c1-8(18-22)13(19(2)3)16-14(21)9-4-10(7-20)11-6-15-17-12(11)5-9/h4-8,13,18,22H,1-3H3,(H,15,17)(H,16,21)/t8-,13?/m0/s1. The summed E-state index contributed by atoms with van der Waals surface area (Å²) in [6.45, 7) is 1.74. The number of aromatic nitrogens is 2. The third-order valence-corrected chi connectivity index (χ3v) is 3.49. The molecule has 0 aliphatic rings. The zero-order valence-electron chi connectivity index (χ0n) is 12.6. The third kappa shape index (κ3) is 3.14. The minimum atomic E-state index is -0.422. The van der Waals surface area contributed by atoms with Crippen LogP contribution in [-0.4, -0.2) is 58.8 Å². The molecule has 4 N–H and O–H groups in total. The van der Waals surface area contributed by atoms with E-state index in [1.54, 1.807) is 38.2 Å². The smallest absolute Gasteiger partial charge is 0.252 e. The van der Waals surface area contributed by atoms with Gasteiger partial charge in [-0.3, -0.25) is 19.6 Å². The lowest BCUT2D eigenvalue weighted by Gasteiger charge is -2.29. The van der Waals surface area contributed by atoms with Gasteiger partial charge < -0.3 is 10.5 Å². The highest BCUT2D eigenvalue weighted by atomic mass is 16.5. The number of aromatic amines is 1. The summed E-state index contributed by atoms with van der Waals surface area (Å²) in [5, 5.41) is 19.1. The fraction of sp³-hybridized carbons (Fsp3) is 0.357. The lowest BCUT2D eigenvalue weighted by atomic mass is 10.1. The number of hydrogen-bond acceptors (Lipinski definition) is 6. The van der Waals surface area contributed by atoms with Crippen LogP contribution in [0.15, 0.2) is 18.3 Å². The molecule has 22 heavy (non-hydrogen) atoms. The van der Waals surface area contributed by atoms with E-state index >= 15 is 0 Å². The number of nitrogens with one attached hydrogen (secondary N) is 3. The predicted molar refractivity (Wildman–Crippen MR) is 80.8 cm³/mol. The molecule has 0 aliphatic heterocycles. The molecule has 1 amide bonds. The van der Waals surface area contributed by atoms with E-state index in [0.29, 0.717) is 28.3 Å². The molecule has 1 heterocycles. The van der Waals surface area contributed by atoms with Crippen LogP contribution in [-0.2, 0) is 0 Å². The number of rotatable bonds is 6. The van der Waals surface area contributed by atoms with Gasteiger partial charge in [0.1, 0.15) is 0 Å². The normalized spacial score (nSPS) is 14.0. The fourth-order valence-electron chi connectivity index (χ4n) is 2.30. The molecule has 1 aromatic carbocycles. The average Bonchev–Trinajstić information content (AvgIpc) is 2.98.